The molecule has 0 spiro atoms. The smallest absolute Gasteiger partial charge is 0.410 e. The van der Waals surface area contributed by atoms with Crippen LogP contribution in [0, 0.1) is 0 Å². The van der Waals surface area contributed by atoms with Crippen LogP contribution in [0.2, 0.25) is 0 Å². The third-order valence-electron chi connectivity index (χ3n) is 3.51. The second-order valence-electron chi connectivity index (χ2n) is 6.15. The highest BCUT2D eigenvalue weighted by Gasteiger charge is 2.29. The topological polar surface area (TPSA) is 44.8 Å². The lowest BCUT2D eigenvalue weighted by Gasteiger charge is -2.34. The molecule has 2 fully saturated rings. The Labute approximate surface area is 109 Å². The first-order valence-electron chi connectivity index (χ1n) is 6.88. The molecular formula is C13H25N3O2. The van der Waals surface area contributed by atoms with Crippen LogP contribution >= 0.6 is 0 Å². The van der Waals surface area contributed by atoms with Gasteiger partial charge in [0.1, 0.15) is 5.60 Å². The Kier molecular flexibility index (Phi) is 4.12. The van der Waals surface area contributed by atoms with Crippen molar-refractivity contribution in [3.8, 4) is 0 Å². The third kappa shape index (κ3) is 3.59. The zero-order valence-electron chi connectivity index (χ0n) is 11.7. The van der Waals surface area contributed by atoms with Gasteiger partial charge in [-0.15, -0.1) is 0 Å². The van der Waals surface area contributed by atoms with Gasteiger partial charge in [0, 0.05) is 45.3 Å². The van der Waals surface area contributed by atoms with Crippen molar-refractivity contribution in [3.63, 3.8) is 0 Å². The van der Waals surface area contributed by atoms with Gasteiger partial charge in [0.2, 0.25) is 0 Å². The largest absolute Gasteiger partial charge is 0.444 e. The summed E-state index contributed by atoms with van der Waals surface area (Å²) in [4.78, 5) is 16.4. The van der Waals surface area contributed by atoms with Crippen molar-refractivity contribution in [2.75, 3.05) is 39.3 Å². The van der Waals surface area contributed by atoms with Crippen molar-refractivity contribution < 1.29 is 9.53 Å². The van der Waals surface area contributed by atoms with Gasteiger partial charge in [-0.05, 0) is 27.2 Å². The second kappa shape index (κ2) is 5.45. The summed E-state index contributed by atoms with van der Waals surface area (Å²) in [6.07, 6.45) is 0.863. The zero-order valence-corrected chi connectivity index (χ0v) is 11.7. The number of nitrogens with zero attached hydrogens (tertiary/aromatic N) is 2. The average Bonchev–Trinajstić information content (AvgIpc) is 2.49. The van der Waals surface area contributed by atoms with Crippen LogP contribution in [0.15, 0.2) is 0 Å². The average molecular weight is 255 g/mol. The number of ether oxygens (including phenoxy) is 1. The lowest BCUT2D eigenvalue weighted by molar-refractivity contribution is 0.0258. The Bertz CT molecular complexity index is 285. The summed E-state index contributed by atoms with van der Waals surface area (Å²) in [5, 5.41) is 3.42. The molecule has 1 N–H and O–H groups in total. The molecule has 2 rings (SSSR count). The minimum Gasteiger partial charge on any atom is -0.444 e. The number of piperazine rings is 1. The number of amides is 1. The van der Waals surface area contributed by atoms with Gasteiger partial charge in [-0.1, -0.05) is 0 Å². The molecule has 0 aromatic heterocycles. The highest BCUT2D eigenvalue weighted by atomic mass is 16.6. The van der Waals surface area contributed by atoms with Crippen LogP contribution in [0.5, 0.6) is 0 Å². The lowest BCUT2D eigenvalue weighted by atomic mass is 10.1. The van der Waals surface area contributed by atoms with E-state index in [1.54, 1.807) is 0 Å². The van der Waals surface area contributed by atoms with Gasteiger partial charge >= 0.3 is 6.09 Å². The Morgan fingerprint density at radius 1 is 1.22 bits per heavy atom. The highest BCUT2D eigenvalue weighted by molar-refractivity contribution is 5.68. The van der Waals surface area contributed by atoms with E-state index in [2.05, 4.69) is 10.2 Å². The Morgan fingerprint density at radius 3 is 2.72 bits per heavy atom. The first-order chi connectivity index (χ1) is 8.46. The number of rotatable bonds is 0. The van der Waals surface area contributed by atoms with Crippen LogP contribution < -0.4 is 5.32 Å². The van der Waals surface area contributed by atoms with Crippen molar-refractivity contribution in [2.24, 2.45) is 0 Å². The van der Waals surface area contributed by atoms with Crippen LogP contribution in [0.4, 0.5) is 4.79 Å². The molecular weight excluding hydrogens is 230 g/mol. The predicted molar refractivity (Wildman–Crippen MR) is 70.7 cm³/mol. The summed E-state index contributed by atoms with van der Waals surface area (Å²) in [5.41, 5.74) is -0.405. The molecule has 5 nitrogen and oxygen atoms in total. The number of carbonyl (C=O) groups excluding carboxylic acids is 1. The van der Waals surface area contributed by atoms with Crippen molar-refractivity contribution in [3.05, 3.63) is 0 Å². The van der Waals surface area contributed by atoms with E-state index in [0.717, 1.165) is 45.7 Å². The molecule has 0 bridgehead atoms. The summed E-state index contributed by atoms with van der Waals surface area (Å²) < 4.78 is 5.44. The van der Waals surface area contributed by atoms with Crippen molar-refractivity contribution in [1.82, 2.24) is 15.1 Å². The summed E-state index contributed by atoms with van der Waals surface area (Å²) in [5.74, 6) is 0. The summed E-state index contributed by atoms with van der Waals surface area (Å²) >= 11 is 0. The van der Waals surface area contributed by atoms with E-state index in [1.807, 2.05) is 25.7 Å². The normalized spacial score (nSPS) is 26.4. The maximum atomic E-state index is 12.0. The molecule has 2 saturated heterocycles. The molecule has 0 aliphatic carbocycles. The molecule has 18 heavy (non-hydrogen) atoms. The van der Waals surface area contributed by atoms with E-state index in [-0.39, 0.29) is 6.09 Å². The quantitative estimate of drug-likeness (QED) is 0.698. The monoisotopic (exact) mass is 255 g/mol. The fourth-order valence-corrected chi connectivity index (χ4v) is 2.56. The molecule has 1 unspecified atom stereocenters. The number of hydrogen-bond donors (Lipinski definition) is 1. The van der Waals surface area contributed by atoms with Gasteiger partial charge in [-0.2, -0.15) is 0 Å². The molecule has 1 atom stereocenters. The molecule has 5 heteroatoms. The molecule has 0 aromatic carbocycles. The highest BCUT2D eigenvalue weighted by Crippen LogP contribution is 2.15. The van der Waals surface area contributed by atoms with E-state index in [0.29, 0.717) is 6.04 Å². The van der Waals surface area contributed by atoms with E-state index >= 15 is 0 Å². The lowest BCUT2D eigenvalue weighted by Crippen LogP contribution is -2.51. The second-order valence-corrected chi connectivity index (χ2v) is 6.15. The van der Waals surface area contributed by atoms with Crippen LogP contribution in [-0.2, 0) is 4.74 Å². The summed E-state index contributed by atoms with van der Waals surface area (Å²) in [7, 11) is 0. The van der Waals surface area contributed by atoms with Crippen molar-refractivity contribution >= 4 is 6.09 Å². The van der Waals surface area contributed by atoms with E-state index in [1.165, 1.54) is 0 Å². The fraction of sp³-hybridized carbons (Fsp3) is 0.923. The van der Waals surface area contributed by atoms with Crippen LogP contribution in [0.25, 0.3) is 0 Å². The Balaban J connectivity index is 1.90. The standard InChI is InChI=1S/C13H25N3O2/c1-13(2,3)18-12(17)16-6-4-11-10-14-5-7-15(11)8-9-16/h11,14H,4-10H2,1-3H3. The Hall–Kier alpha value is -0.810. The fourth-order valence-electron chi connectivity index (χ4n) is 2.56. The molecule has 2 aliphatic rings. The van der Waals surface area contributed by atoms with Gasteiger partial charge in [-0.3, -0.25) is 4.90 Å². The molecule has 2 aliphatic heterocycles. The minimum atomic E-state index is -0.405. The third-order valence-corrected chi connectivity index (χ3v) is 3.51. The predicted octanol–water partition coefficient (Wildman–Crippen LogP) is 0.901. The van der Waals surface area contributed by atoms with E-state index < -0.39 is 5.60 Å². The van der Waals surface area contributed by atoms with Crippen LogP contribution in [0.3, 0.4) is 0 Å². The minimum absolute atomic E-state index is 0.171. The number of hydrogen-bond acceptors (Lipinski definition) is 4. The van der Waals surface area contributed by atoms with Gasteiger partial charge < -0.3 is 15.0 Å². The van der Waals surface area contributed by atoms with Crippen molar-refractivity contribution in [1.29, 1.82) is 0 Å². The summed E-state index contributed by atoms with van der Waals surface area (Å²) in [6, 6.07) is 0.575. The number of nitrogens with one attached hydrogen (secondary N) is 1. The molecule has 2 heterocycles. The molecule has 104 valence electrons. The number of carbonyl (C=O) groups is 1. The maximum Gasteiger partial charge on any atom is 0.410 e. The van der Waals surface area contributed by atoms with E-state index in [4.69, 9.17) is 4.74 Å². The first-order valence-corrected chi connectivity index (χ1v) is 6.88. The van der Waals surface area contributed by atoms with Gasteiger partial charge in [0.25, 0.3) is 0 Å². The van der Waals surface area contributed by atoms with Gasteiger partial charge in [0.05, 0.1) is 0 Å². The SMILES string of the molecule is CC(C)(C)OC(=O)N1CCC2CNCCN2CC1. The van der Waals surface area contributed by atoms with Crippen molar-refractivity contribution in [2.45, 2.75) is 38.8 Å². The zero-order chi connectivity index (χ0) is 13.2. The van der Waals surface area contributed by atoms with Gasteiger partial charge in [-0.25, -0.2) is 4.79 Å². The van der Waals surface area contributed by atoms with Gasteiger partial charge in [0.15, 0.2) is 0 Å². The maximum absolute atomic E-state index is 12.0. The van der Waals surface area contributed by atoms with Crippen LogP contribution in [-0.4, -0.2) is 66.8 Å². The van der Waals surface area contributed by atoms with Crippen LogP contribution in [0.1, 0.15) is 27.2 Å². The number of fused-ring (bicyclic) bond motifs is 1. The molecule has 0 radical (unpaired) electrons. The molecule has 0 aromatic rings. The summed E-state index contributed by atoms with van der Waals surface area (Å²) in [6.45, 7) is 11.5. The Morgan fingerprint density at radius 2 is 2.00 bits per heavy atom. The molecule has 1 amide bonds. The van der Waals surface area contributed by atoms with E-state index in [9.17, 15) is 4.79 Å². The first kappa shape index (κ1) is 13.6. The molecule has 0 saturated carbocycles.